The average Bonchev–Trinajstić information content (AvgIpc) is 2.78. The van der Waals surface area contributed by atoms with E-state index in [-0.39, 0.29) is 28.3 Å². The maximum Gasteiger partial charge on any atom is 0.335 e. The maximum atomic E-state index is 13.6. The molecule has 34 heavy (non-hydrogen) atoms. The summed E-state index contributed by atoms with van der Waals surface area (Å²) in [6.07, 6.45) is 0. The number of carboxylic acid groups (broad SMARTS) is 1. The van der Waals surface area contributed by atoms with Crippen LogP contribution in [0.1, 0.15) is 27.0 Å². The molecular formula is C24H22ClFN2O5S. The van der Waals surface area contributed by atoms with E-state index in [1.807, 2.05) is 0 Å². The van der Waals surface area contributed by atoms with E-state index in [4.69, 9.17) is 16.7 Å². The number of amides is 1. The van der Waals surface area contributed by atoms with Crippen molar-refractivity contribution in [3.05, 3.63) is 93.8 Å². The second kappa shape index (κ2) is 10.2. The first kappa shape index (κ1) is 25.2. The van der Waals surface area contributed by atoms with E-state index in [2.05, 4.69) is 5.32 Å². The molecule has 3 aromatic carbocycles. The number of nitrogens with zero attached hydrogens (tertiary/aromatic N) is 1. The summed E-state index contributed by atoms with van der Waals surface area (Å²) in [5.41, 5.74) is 1.46. The molecule has 3 aromatic rings. The fraction of sp³-hybridized carbons (Fsp3) is 0.167. The topological polar surface area (TPSA) is 104 Å². The fourth-order valence-electron chi connectivity index (χ4n) is 3.39. The van der Waals surface area contributed by atoms with E-state index in [0.717, 1.165) is 22.5 Å². The smallest absolute Gasteiger partial charge is 0.335 e. The third kappa shape index (κ3) is 5.55. The van der Waals surface area contributed by atoms with Crippen LogP contribution in [0.4, 0.5) is 10.1 Å². The first-order chi connectivity index (χ1) is 16.0. The number of hydrogen-bond acceptors (Lipinski definition) is 4. The molecule has 0 radical (unpaired) electrons. The molecule has 0 saturated heterocycles. The summed E-state index contributed by atoms with van der Waals surface area (Å²) < 4.78 is 41.7. The first-order valence-electron chi connectivity index (χ1n) is 10.1. The molecule has 0 spiro atoms. The van der Waals surface area contributed by atoms with Crippen LogP contribution < -0.4 is 9.62 Å². The van der Waals surface area contributed by atoms with E-state index in [9.17, 15) is 22.4 Å². The lowest BCUT2D eigenvalue weighted by Gasteiger charge is -2.26. The summed E-state index contributed by atoms with van der Waals surface area (Å²) >= 11 is 6.20. The highest BCUT2D eigenvalue weighted by Crippen LogP contribution is 2.31. The number of carboxylic acids is 1. The molecule has 2 N–H and O–H groups in total. The van der Waals surface area contributed by atoms with Gasteiger partial charge in [0.1, 0.15) is 12.4 Å². The van der Waals surface area contributed by atoms with Gasteiger partial charge in [-0.05, 0) is 73.0 Å². The van der Waals surface area contributed by atoms with Crippen molar-refractivity contribution in [3.8, 4) is 0 Å². The number of aromatic carboxylic acids is 1. The zero-order valence-corrected chi connectivity index (χ0v) is 20.0. The lowest BCUT2D eigenvalue weighted by molar-refractivity contribution is -0.119. The number of anilines is 1. The Bertz CT molecular complexity index is 1360. The number of hydrogen-bond donors (Lipinski definition) is 2. The largest absolute Gasteiger partial charge is 0.478 e. The summed E-state index contributed by atoms with van der Waals surface area (Å²) in [5.74, 6) is -2.30. The van der Waals surface area contributed by atoms with Crippen molar-refractivity contribution in [3.63, 3.8) is 0 Å². The lowest BCUT2D eigenvalue weighted by Crippen LogP contribution is -2.41. The van der Waals surface area contributed by atoms with Gasteiger partial charge >= 0.3 is 5.97 Å². The van der Waals surface area contributed by atoms with Crippen molar-refractivity contribution in [2.75, 3.05) is 10.8 Å². The number of halogens is 2. The minimum atomic E-state index is -4.27. The van der Waals surface area contributed by atoms with Crippen molar-refractivity contribution < 1.29 is 27.5 Å². The molecule has 0 aliphatic rings. The average molecular weight is 505 g/mol. The zero-order chi connectivity index (χ0) is 25.0. The van der Waals surface area contributed by atoms with Gasteiger partial charge in [0.15, 0.2) is 0 Å². The highest BCUT2D eigenvalue weighted by molar-refractivity contribution is 7.93. The van der Waals surface area contributed by atoms with Crippen molar-refractivity contribution in [1.29, 1.82) is 0 Å². The van der Waals surface area contributed by atoms with Gasteiger partial charge < -0.3 is 10.4 Å². The Hall–Kier alpha value is -3.43. The third-order valence-corrected chi connectivity index (χ3v) is 7.49. The van der Waals surface area contributed by atoms with Gasteiger partial charge in [0.05, 0.1) is 16.1 Å². The van der Waals surface area contributed by atoms with Crippen molar-refractivity contribution >= 4 is 39.2 Å². The molecule has 0 saturated carbocycles. The molecule has 1 amide bonds. The Morgan fingerprint density at radius 2 is 1.76 bits per heavy atom. The maximum absolute atomic E-state index is 13.6. The molecule has 0 unspecified atom stereocenters. The molecule has 7 nitrogen and oxygen atoms in total. The van der Waals surface area contributed by atoms with Crippen LogP contribution in [0, 0.1) is 19.7 Å². The Kier molecular flexibility index (Phi) is 7.58. The van der Waals surface area contributed by atoms with E-state index in [0.29, 0.717) is 16.1 Å². The van der Waals surface area contributed by atoms with Crippen molar-refractivity contribution in [2.24, 2.45) is 0 Å². The number of carbonyl (C=O) groups is 2. The summed E-state index contributed by atoms with van der Waals surface area (Å²) in [7, 11) is -4.27. The van der Waals surface area contributed by atoms with Crippen LogP contribution in [0.2, 0.25) is 5.02 Å². The monoisotopic (exact) mass is 504 g/mol. The van der Waals surface area contributed by atoms with Gasteiger partial charge in [-0.15, -0.1) is 0 Å². The number of benzene rings is 3. The van der Waals surface area contributed by atoms with E-state index in [1.54, 1.807) is 31.2 Å². The van der Waals surface area contributed by atoms with Crippen molar-refractivity contribution in [1.82, 2.24) is 5.32 Å². The summed E-state index contributed by atoms with van der Waals surface area (Å²) in [4.78, 5) is 23.8. The van der Waals surface area contributed by atoms with E-state index < -0.39 is 34.3 Å². The molecule has 0 aliphatic heterocycles. The molecule has 10 heteroatoms. The molecule has 0 atom stereocenters. The molecule has 0 aliphatic carbocycles. The Morgan fingerprint density at radius 3 is 2.44 bits per heavy atom. The van der Waals surface area contributed by atoms with Gasteiger partial charge in [-0.1, -0.05) is 29.8 Å². The van der Waals surface area contributed by atoms with Gasteiger partial charge in [-0.2, -0.15) is 0 Å². The van der Waals surface area contributed by atoms with Crippen LogP contribution in [0.3, 0.4) is 0 Å². The van der Waals surface area contributed by atoms with Crippen LogP contribution in [0.15, 0.2) is 65.6 Å². The molecule has 0 heterocycles. The Morgan fingerprint density at radius 1 is 1.06 bits per heavy atom. The third-order valence-electron chi connectivity index (χ3n) is 5.16. The number of sulfonamides is 1. The molecule has 0 fully saturated rings. The van der Waals surface area contributed by atoms with Crippen LogP contribution >= 0.6 is 11.6 Å². The van der Waals surface area contributed by atoms with Crippen molar-refractivity contribution in [2.45, 2.75) is 25.3 Å². The first-order valence-corrected chi connectivity index (χ1v) is 12.0. The van der Waals surface area contributed by atoms with Crippen LogP contribution in [-0.2, 0) is 21.4 Å². The Balaban J connectivity index is 1.93. The van der Waals surface area contributed by atoms with Gasteiger partial charge in [0, 0.05) is 11.6 Å². The van der Waals surface area contributed by atoms with E-state index >= 15 is 0 Å². The molecule has 0 bridgehead atoms. The number of rotatable bonds is 8. The van der Waals surface area contributed by atoms with Gasteiger partial charge in [-0.3, -0.25) is 9.10 Å². The van der Waals surface area contributed by atoms with E-state index in [1.165, 1.54) is 25.1 Å². The van der Waals surface area contributed by atoms with Gasteiger partial charge in [0.25, 0.3) is 10.0 Å². The molecule has 3 rings (SSSR count). The van der Waals surface area contributed by atoms with Crippen LogP contribution in [-0.4, -0.2) is 31.9 Å². The number of carbonyl (C=O) groups excluding carboxylic acids is 1. The number of nitrogens with one attached hydrogen (secondary N) is 1. The standard InChI is InChI=1S/C24H22ClFN2O5S/c1-15-11-19(26)9-10-22(15)34(32,33)28(21-8-4-7-20(25)16(21)2)14-23(29)27-13-17-5-3-6-18(12-17)24(30)31/h3-12H,13-14H2,1-2H3,(H,27,29)(H,30,31). The highest BCUT2D eigenvalue weighted by atomic mass is 35.5. The molecule has 0 aromatic heterocycles. The quantitative estimate of drug-likeness (QED) is 0.476. The van der Waals surface area contributed by atoms with Gasteiger partial charge in [0.2, 0.25) is 5.91 Å². The predicted molar refractivity (Wildman–Crippen MR) is 127 cm³/mol. The SMILES string of the molecule is Cc1cc(F)ccc1S(=O)(=O)N(CC(=O)NCc1cccc(C(=O)O)c1)c1cccc(Cl)c1C. The summed E-state index contributed by atoms with van der Waals surface area (Å²) in [5, 5.41) is 12.1. The highest BCUT2D eigenvalue weighted by Gasteiger charge is 2.30. The fourth-order valence-corrected chi connectivity index (χ4v) is 5.24. The predicted octanol–water partition coefficient (Wildman–Crippen LogP) is 4.31. The second-order valence-electron chi connectivity index (χ2n) is 7.59. The summed E-state index contributed by atoms with van der Waals surface area (Å²) in [6, 6.07) is 14.0. The molecule has 178 valence electrons. The normalized spacial score (nSPS) is 11.2. The second-order valence-corrected chi connectivity index (χ2v) is 9.83. The lowest BCUT2D eigenvalue weighted by atomic mass is 10.1. The Labute approximate surface area is 201 Å². The van der Waals surface area contributed by atoms with Crippen LogP contribution in [0.25, 0.3) is 0 Å². The number of aryl methyl sites for hydroxylation is 1. The zero-order valence-electron chi connectivity index (χ0n) is 18.4. The van der Waals surface area contributed by atoms with Gasteiger partial charge in [-0.25, -0.2) is 17.6 Å². The minimum Gasteiger partial charge on any atom is -0.478 e. The summed E-state index contributed by atoms with van der Waals surface area (Å²) in [6.45, 7) is 2.53. The molecular weight excluding hydrogens is 483 g/mol. The van der Waals surface area contributed by atoms with Crippen LogP contribution in [0.5, 0.6) is 0 Å². The minimum absolute atomic E-state index is 0.00204.